The number of benzene rings is 2. The van der Waals surface area contributed by atoms with E-state index in [2.05, 4.69) is 37.3 Å². The van der Waals surface area contributed by atoms with E-state index >= 15 is 0 Å². The smallest absolute Gasteiger partial charge is 0.344 e. The van der Waals surface area contributed by atoms with E-state index in [0.29, 0.717) is 12.4 Å². The Balaban J connectivity index is 1.63. The molecule has 0 amide bonds. The summed E-state index contributed by atoms with van der Waals surface area (Å²) in [6.07, 6.45) is 8.28. The van der Waals surface area contributed by atoms with Gasteiger partial charge >= 0.3 is 5.97 Å². The Hall–Kier alpha value is -3.27. The van der Waals surface area contributed by atoms with Crippen molar-refractivity contribution in [3.63, 3.8) is 0 Å². The zero-order valence-electron chi connectivity index (χ0n) is 18.1. The minimum absolute atomic E-state index is 0.0797. The number of ether oxygens (including phenoxy) is 2. The minimum atomic E-state index is -0.358. The monoisotopic (exact) mass is 416 g/mol. The van der Waals surface area contributed by atoms with Gasteiger partial charge < -0.3 is 13.9 Å². The molecule has 0 atom stereocenters. The van der Waals surface area contributed by atoms with Crippen LogP contribution in [0.4, 0.5) is 0 Å². The van der Waals surface area contributed by atoms with Crippen LogP contribution in [0, 0.1) is 0 Å². The maximum Gasteiger partial charge on any atom is 0.344 e. The van der Waals surface area contributed by atoms with Crippen molar-refractivity contribution in [3.05, 3.63) is 66.6 Å². The number of hydrogen-bond donors (Lipinski definition) is 0. The third-order valence-electron chi connectivity index (χ3n) is 5.58. The van der Waals surface area contributed by atoms with Crippen molar-refractivity contribution in [2.75, 3.05) is 13.2 Å². The van der Waals surface area contributed by atoms with Crippen LogP contribution in [0.5, 0.6) is 5.75 Å². The molecule has 2 aromatic carbocycles. The van der Waals surface area contributed by atoms with Crippen LogP contribution >= 0.6 is 0 Å². The first-order valence-corrected chi connectivity index (χ1v) is 11.0. The molecular weight excluding hydrogens is 388 g/mol. The number of fused-ring (bicyclic) bond motifs is 2. The van der Waals surface area contributed by atoms with Crippen molar-refractivity contribution in [1.29, 1.82) is 0 Å². The third kappa shape index (κ3) is 4.74. The second-order valence-electron chi connectivity index (χ2n) is 7.74. The van der Waals surface area contributed by atoms with Gasteiger partial charge in [0.1, 0.15) is 5.75 Å². The summed E-state index contributed by atoms with van der Waals surface area (Å²) in [7, 11) is 0. The van der Waals surface area contributed by atoms with Crippen LogP contribution in [0.15, 0.2) is 65.5 Å². The fourth-order valence-corrected chi connectivity index (χ4v) is 4.06. The van der Waals surface area contributed by atoms with Crippen molar-refractivity contribution in [3.8, 4) is 28.0 Å². The summed E-state index contributed by atoms with van der Waals surface area (Å²) in [4.78, 5) is 11.5. The average Bonchev–Trinajstić information content (AvgIpc) is 3.16. The van der Waals surface area contributed by atoms with E-state index in [9.17, 15) is 4.79 Å². The lowest BCUT2D eigenvalue weighted by molar-refractivity contribution is -0.145. The van der Waals surface area contributed by atoms with Gasteiger partial charge in [-0.25, -0.2) is 4.79 Å². The molecule has 2 aliphatic rings. The standard InChI is InChI=1S/C27H28O4/c1-3-5-6-7-25-24-12-13-29-17-22(24)16-26(25)21-9-8-20-15-23(11-10-19(20)14-21)31-18-27(28)30-4-2/h8-17H,3-7,18H2,1-2H3. The number of unbranched alkanes of at least 4 members (excludes halogenated alkanes) is 2. The highest BCUT2D eigenvalue weighted by molar-refractivity contribution is 5.92. The zero-order chi connectivity index (χ0) is 21.6. The van der Waals surface area contributed by atoms with Gasteiger partial charge in [0.05, 0.1) is 19.1 Å². The normalized spacial score (nSPS) is 11.2. The molecule has 0 N–H and O–H groups in total. The van der Waals surface area contributed by atoms with Crippen LogP contribution in [0.3, 0.4) is 0 Å². The highest BCUT2D eigenvalue weighted by atomic mass is 16.6. The maximum atomic E-state index is 11.5. The molecule has 4 rings (SSSR count). The highest BCUT2D eigenvalue weighted by Crippen LogP contribution is 2.40. The second-order valence-corrected chi connectivity index (χ2v) is 7.74. The first-order chi connectivity index (χ1) is 15.2. The van der Waals surface area contributed by atoms with E-state index in [4.69, 9.17) is 13.9 Å². The molecule has 4 heteroatoms. The van der Waals surface area contributed by atoms with Gasteiger partial charge in [0.25, 0.3) is 0 Å². The summed E-state index contributed by atoms with van der Waals surface area (Å²) in [5.74, 6) is 0.303. The summed E-state index contributed by atoms with van der Waals surface area (Å²) in [6.45, 7) is 4.29. The highest BCUT2D eigenvalue weighted by Gasteiger charge is 2.17. The van der Waals surface area contributed by atoms with Gasteiger partial charge in [-0.3, -0.25) is 0 Å². The zero-order valence-corrected chi connectivity index (χ0v) is 18.1. The van der Waals surface area contributed by atoms with Crippen LogP contribution in [0.2, 0.25) is 0 Å². The summed E-state index contributed by atoms with van der Waals surface area (Å²) in [5, 5.41) is 2.21. The number of esters is 1. The fourth-order valence-electron chi connectivity index (χ4n) is 4.06. The number of carbonyl (C=O) groups excluding carboxylic acids is 1. The molecule has 0 spiro atoms. The quantitative estimate of drug-likeness (QED) is 0.220. The fraction of sp³-hybridized carbons (Fsp3) is 0.296. The van der Waals surface area contributed by atoms with Gasteiger partial charge in [-0.05, 0) is 83.1 Å². The van der Waals surface area contributed by atoms with Crippen LogP contribution < -0.4 is 4.74 Å². The topological polar surface area (TPSA) is 48.7 Å². The molecule has 0 radical (unpaired) electrons. The lowest BCUT2D eigenvalue weighted by atomic mass is 9.96. The third-order valence-corrected chi connectivity index (χ3v) is 5.58. The largest absolute Gasteiger partial charge is 0.482 e. The molecule has 160 valence electrons. The molecule has 1 heterocycles. The molecule has 1 aliphatic heterocycles. The van der Waals surface area contributed by atoms with Gasteiger partial charge in [-0.15, -0.1) is 0 Å². The SMILES string of the molecule is CCCCCc1c2ccocc-2cc1-c1ccc2cc(OCC(=O)OCC)ccc2c1. The number of hydrogen-bond acceptors (Lipinski definition) is 4. The summed E-state index contributed by atoms with van der Waals surface area (Å²) in [6, 6.07) is 16.7. The van der Waals surface area contributed by atoms with Crippen molar-refractivity contribution >= 4 is 16.7 Å². The van der Waals surface area contributed by atoms with Gasteiger partial charge in [0.2, 0.25) is 0 Å². The Kier molecular flexibility index (Phi) is 6.56. The number of carbonyl (C=O) groups is 1. The van der Waals surface area contributed by atoms with Crippen molar-refractivity contribution in [2.45, 2.75) is 39.5 Å². The Bertz CT molecular complexity index is 1140. The summed E-state index contributed by atoms with van der Waals surface area (Å²) < 4.78 is 15.9. The van der Waals surface area contributed by atoms with Crippen molar-refractivity contribution in [1.82, 2.24) is 0 Å². The predicted octanol–water partition coefficient (Wildman–Crippen LogP) is 6.88. The lowest BCUT2D eigenvalue weighted by Crippen LogP contribution is -2.14. The maximum absolute atomic E-state index is 11.5. The summed E-state index contributed by atoms with van der Waals surface area (Å²) in [5.41, 5.74) is 6.30. The Labute approximate surface area is 183 Å². The first kappa shape index (κ1) is 21.0. The van der Waals surface area contributed by atoms with E-state index in [1.165, 1.54) is 41.5 Å². The van der Waals surface area contributed by atoms with Crippen molar-refractivity contribution < 1.29 is 18.7 Å². The first-order valence-electron chi connectivity index (χ1n) is 11.0. The predicted molar refractivity (Wildman–Crippen MR) is 124 cm³/mol. The van der Waals surface area contributed by atoms with Gasteiger partial charge in [0, 0.05) is 5.56 Å². The van der Waals surface area contributed by atoms with E-state index in [1.807, 2.05) is 24.5 Å². The van der Waals surface area contributed by atoms with Crippen LogP contribution in [-0.4, -0.2) is 19.2 Å². The molecule has 0 fully saturated rings. The molecule has 0 aromatic heterocycles. The van der Waals surface area contributed by atoms with Crippen LogP contribution in [0.25, 0.3) is 33.0 Å². The number of rotatable bonds is 9. The Morgan fingerprint density at radius 3 is 2.58 bits per heavy atom. The van der Waals surface area contributed by atoms with E-state index < -0.39 is 0 Å². The molecule has 0 bridgehead atoms. The molecule has 0 unspecified atom stereocenters. The van der Waals surface area contributed by atoms with Crippen LogP contribution in [0.1, 0.15) is 38.7 Å². The van der Waals surface area contributed by atoms with Crippen LogP contribution in [-0.2, 0) is 16.0 Å². The van der Waals surface area contributed by atoms with E-state index in [-0.39, 0.29) is 12.6 Å². The van der Waals surface area contributed by atoms with Gasteiger partial charge in [0.15, 0.2) is 6.61 Å². The lowest BCUT2D eigenvalue weighted by Gasteiger charge is -2.10. The molecule has 1 aliphatic carbocycles. The minimum Gasteiger partial charge on any atom is -0.482 e. The molecule has 0 saturated carbocycles. The Morgan fingerprint density at radius 2 is 1.74 bits per heavy atom. The van der Waals surface area contributed by atoms with Gasteiger partial charge in [-0.1, -0.05) is 38.0 Å². The molecule has 2 aromatic rings. The van der Waals surface area contributed by atoms with E-state index in [0.717, 1.165) is 22.8 Å². The van der Waals surface area contributed by atoms with Crippen molar-refractivity contribution in [2.24, 2.45) is 0 Å². The molecular formula is C27H28O4. The average molecular weight is 417 g/mol. The van der Waals surface area contributed by atoms with Gasteiger partial charge in [-0.2, -0.15) is 0 Å². The molecule has 4 nitrogen and oxygen atoms in total. The Morgan fingerprint density at radius 1 is 0.903 bits per heavy atom. The molecule has 0 saturated heterocycles. The second kappa shape index (κ2) is 9.69. The molecule has 31 heavy (non-hydrogen) atoms. The van der Waals surface area contributed by atoms with E-state index in [1.54, 1.807) is 13.2 Å². The summed E-state index contributed by atoms with van der Waals surface area (Å²) >= 11 is 0.